The molecule has 0 radical (unpaired) electrons. The molecule has 27 heavy (non-hydrogen) atoms. The Bertz CT molecular complexity index is 599. The van der Waals surface area contributed by atoms with Crippen molar-refractivity contribution >= 4 is 0 Å². The monoisotopic (exact) mass is 386 g/mol. The Hall–Kier alpha value is -1.41. The van der Waals surface area contributed by atoms with Gasteiger partial charge in [-0.15, -0.1) is 0 Å². The van der Waals surface area contributed by atoms with E-state index in [0.29, 0.717) is 37.9 Å². The zero-order valence-electron chi connectivity index (χ0n) is 15.3. The number of benzene rings is 1. The van der Waals surface area contributed by atoms with E-state index in [2.05, 4.69) is 6.08 Å². The molecular formula is C20H25F3O4. The lowest BCUT2D eigenvalue weighted by molar-refractivity contribution is -0.217. The predicted octanol–water partition coefficient (Wildman–Crippen LogP) is 4.71. The molecule has 0 amide bonds. The van der Waals surface area contributed by atoms with Crippen LogP contribution in [0.1, 0.15) is 37.2 Å². The van der Waals surface area contributed by atoms with Crippen LogP contribution in [-0.4, -0.2) is 32.7 Å². The Labute approximate surface area is 157 Å². The van der Waals surface area contributed by atoms with Crippen molar-refractivity contribution in [1.29, 1.82) is 0 Å². The molecule has 0 atom stereocenters. The van der Waals surface area contributed by atoms with Crippen molar-refractivity contribution in [1.82, 2.24) is 0 Å². The summed E-state index contributed by atoms with van der Waals surface area (Å²) in [5.74, 6) is 0.535. The molecule has 2 fully saturated rings. The van der Waals surface area contributed by atoms with Gasteiger partial charge in [-0.05, 0) is 31.9 Å². The first-order valence-corrected chi connectivity index (χ1v) is 9.22. The van der Waals surface area contributed by atoms with E-state index in [4.69, 9.17) is 18.9 Å². The third-order valence-electron chi connectivity index (χ3n) is 4.74. The summed E-state index contributed by atoms with van der Waals surface area (Å²) in [5, 5.41) is 0. The summed E-state index contributed by atoms with van der Waals surface area (Å²) in [6.45, 7) is 4.32. The maximum atomic E-state index is 12.6. The number of alkyl halides is 3. The third kappa shape index (κ3) is 5.78. The van der Waals surface area contributed by atoms with Crippen LogP contribution in [0.15, 0.2) is 36.4 Å². The Kier molecular flexibility index (Phi) is 6.92. The normalized spacial score (nSPS) is 29.9. The average Bonchev–Trinajstić information content (AvgIpc) is 2.68. The lowest BCUT2D eigenvalue weighted by Crippen LogP contribution is -2.33. The van der Waals surface area contributed by atoms with E-state index in [1.807, 2.05) is 13.0 Å². The molecule has 0 aliphatic carbocycles. The van der Waals surface area contributed by atoms with Gasteiger partial charge in [-0.2, -0.15) is 13.2 Å². The Balaban J connectivity index is 1.39. The van der Waals surface area contributed by atoms with Crippen LogP contribution in [0.2, 0.25) is 0 Å². The Morgan fingerprint density at radius 3 is 2.11 bits per heavy atom. The van der Waals surface area contributed by atoms with Crippen molar-refractivity contribution in [3.8, 4) is 0 Å². The highest BCUT2D eigenvalue weighted by Crippen LogP contribution is 2.32. The van der Waals surface area contributed by atoms with Gasteiger partial charge in [0.25, 0.3) is 0 Å². The van der Waals surface area contributed by atoms with Crippen LogP contribution >= 0.6 is 0 Å². The van der Waals surface area contributed by atoms with Crippen LogP contribution in [0.4, 0.5) is 13.2 Å². The van der Waals surface area contributed by atoms with Gasteiger partial charge in [0.2, 0.25) is 0 Å². The molecule has 0 aromatic heterocycles. The third-order valence-corrected chi connectivity index (χ3v) is 4.74. The van der Waals surface area contributed by atoms with Crippen LogP contribution in [0.3, 0.4) is 0 Å². The summed E-state index contributed by atoms with van der Waals surface area (Å²) in [5.41, 5.74) is -0.0838. The van der Waals surface area contributed by atoms with Crippen LogP contribution in [0, 0.1) is 11.8 Å². The summed E-state index contributed by atoms with van der Waals surface area (Å²) in [7, 11) is 0. The van der Waals surface area contributed by atoms with E-state index in [9.17, 15) is 13.2 Å². The smallest absolute Gasteiger partial charge is 0.352 e. The molecule has 1 aromatic carbocycles. The van der Waals surface area contributed by atoms with E-state index in [1.54, 1.807) is 0 Å². The first kappa shape index (κ1) is 20.3. The largest absolute Gasteiger partial charge is 0.416 e. The van der Waals surface area contributed by atoms with Crippen molar-refractivity contribution in [2.75, 3.05) is 26.4 Å². The first-order valence-electron chi connectivity index (χ1n) is 9.22. The van der Waals surface area contributed by atoms with Gasteiger partial charge in [-0.1, -0.05) is 24.3 Å². The molecule has 1 aromatic rings. The number of hydrogen-bond acceptors (Lipinski definition) is 4. The molecule has 0 unspecified atom stereocenters. The van der Waals surface area contributed by atoms with Crippen LogP contribution in [0.25, 0.3) is 0 Å². The van der Waals surface area contributed by atoms with Crippen molar-refractivity contribution in [3.05, 3.63) is 47.5 Å². The van der Waals surface area contributed by atoms with Gasteiger partial charge in [-0.3, -0.25) is 0 Å². The van der Waals surface area contributed by atoms with Gasteiger partial charge in [-0.25, -0.2) is 0 Å². The fourth-order valence-electron chi connectivity index (χ4n) is 3.21. The summed E-state index contributed by atoms with van der Waals surface area (Å²) in [6, 6.07) is 4.90. The zero-order valence-corrected chi connectivity index (χ0v) is 15.3. The van der Waals surface area contributed by atoms with Gasteiger partial charge >= 0.3 is 6.18 Å². The SMILES string of the molecule is C/C=C\[C@H]1CO[C@H](CCC2COC(c3ccc(C(F)(F)F)cc3)OC2)OC1. The number of ether oxygens (including phenoxy) is 4. The van der Waals surface area contributed by atoms with E-state index in [1.165, 1.54) is 12.1 Å². The molecule has 0 saturated carbocycles. The van der Waals surface area contributed by atoms with Crippen molar-refractivity contribution in [3.63, 3.8) is 0 Å². The minimum Gasteiger partial charge on any atom is -0.352 e. The van der Waals surface area contributed by atoms with E-state index < -0.39 is 18.0 Å². The van der Waals surface area contributed by atoms with E-state index in [0.717, 1.165) is 25.0 Å². The molecular weight excluding hydrogens is 361 g/mol. The van der Waals surface area contributed by atoms with Gasteiger partial charge in [0.05, 0.1) is 32.0 Å². The second-order valence-corrected chi connectivity index (χ2v) is 6.94. The van der Waals surface area contributed by atoms with E-state index >= 15 is 0 Å². The van der Waals surface area contributed by atoms with Crippen molar-refractivity contribution in [2.45, 2.75) is 38.5 Å². The minimum atomic E-state index is -4.34. The molecule has 3 rings (SSSR count). The van der Waals surface area contributed by atoms with Crippen molar-refractivity contribution in [2.24, 2.45) is 11.8 Å². The molecule has 0 bridgehead atoms. The lowest BCUT2D eigenvalue weighted by atomic mass is 10.0. The van der Waals surface area contributed by atoms with Crippen LogP contribution < -0.4 is 0 Å². The standard InChI is InChI=1S/C20H25F3O4/c1-2-3-14-10-24-18(25-11-14)9-4-15-12-26-19(27-13-15)16-5-7-17(8-6-16)20(21,22)23/h2-3,5-8,14-15,18-19H,4,9-13H2,1H3/b3-2-/t14-,15?,18-,19?. The molecule has 2 aliphatic rings. The molecule has 4 nitrogen and oxygen atoms in total. The van der Waals surface area contributed by atoms with Gasteiger partial charge in [0.15, 0.2) is 12.6 Å². The minimum absolute atomic E-state index is 0.195. The maximum absolute atomic E-state index is 12.6. The highest BCUT2D eigenvalue weighted by molar-refractivity contribution is 5.25. The molecule has 0 N–H and O–H groups in total. The van der Waals surface area contributed by atoms with Crippen LogP contribution in [0.5, 0.6) is 0 Å². The summed E-state index contributed by atoms with van der Waals surface area (Å²) in [4.78, 5) is 0. The molecule has 7 heteroatoms. The Morgan fingerprint density at radius 1 is 0.926 bits per heavy atom. The topological polar surface area (TPSA) is 36.9 Å². The fourth-order valence-corrected chi connectivity index (χ4v) is 3.21. The van der Waals surface area contributed by atoms with Gasteiger partial charge < -0.3 is 18.9 Å². The molecule has 2 heterocycles. The van der Waals surface area contributed by atoms with E-state index in [-0.39, 0.29) is 12.2 Å². The highest BCUT2D eigenvalue weighted by Gasteiger charge is 2.31. The highest BCUT2D eigenvalue weighted by atomic mass is 19.4. The second kappa shape index (κ2) is 9.19. The number of allylic oxidation sites excluding steroid dienone is 1. The van der Waals surface area contributed by atoms with Gasteiger partial charge in [0, 0.05) is 17.4 Å². The van der Waals surface area contributed by atoms with Gasteiger partial charge in [0.1, 0.15) is 0 Å². The molecule has 2 saturated heterocycles. The maximum Gasteiger partial charge on any atom is 0.416 e. The molecule has 150 valence electrons. The second-order valence-electron chi connectivity index (χ2n) is 6.94. The quantitative estimate of drug-likeness (QED) is 0.687. The lowest BCUT2D eigenvalue weighted by Gasteiger charge is -2.32. The Morgan fingerprint density at radius 2 is 1.56 bits per heavy atom. The predicted molar refractivity (Wildman–Crippen MR) is 92.8 cm³/mol. The summed E-state index contributed by atoms with van der Waals surface area (Å²) >= 11 is 0. The van der Waals surface area contributed by atoms with Crippen LogP contribution in [-0.2, 0) is 25.1 Å². The summed E-state index contributed by atoms with van der Waals surface area (Å²) in [6.07, 6.45) is 0.547. The molecule has 0 spiro atoms. The van der Waals surface area contributed by atoms with Crippen molar-refractivity contribution < 1.29 is 32.1 Å². The number of rotatable bonds is 5. The molecule has 2 aliphatic heterocycles. The fraction of sp³-hybridized carbons (Fsp3) is 0.600. The average molecular weight is 386 g/mol. The number of halogens is 3. The first-order chi connectivity index (χ1) is 13.0. The number of hydrogen-bond donors (Lipinski definition) is 0. The zero-order chi connectivity index (χ0) is 19.3. The summed E-state index contributed by atoms with van der Waals surface area (Å²) < 4.78 is 60.7.